The van der Waals surface area contributed by atoms with Crippen molar-refractivity contribution < 1.29 is 26.3 Å². The van der Waals surface area contributed by atoms with Gasteiger partial charge in [-0.05, 0) is 33.7 Å². The summed E-state index contributed by atoms with van der Waals surface area (Å²) in [6, 6.07) is 8.14. The lowest BCUT2D eigenvalue weighted by atomic mass is 9.91. The van der Waals surface area contributed by atoms with E-state index in [4.69, 9.17) is 0 Å². The van der Waals surface area contributed by atoms with Crippen molar-refractivity contribution in [1.82, 2.24) is 0 Å². The zero-order valence-corrected chi connectivity index (χ0v) is 12.8. The summed E-state index contributed by atoms with van der Waals surface area (Å²) in [6.07, 6.45) is -9.54. The third kappa shape index (κ3) is 2.67. The van der Waals surface area contributed by atoms with Gasteiger partial charge < -0.3 is 0 Å². The minimum Gasteiger partial charge on any atom is -0.166 e. The first-order valence-electron chi connectivity index (χ1n) is 6.39. The van der Waals surface area contributed by atoms with Crippen LogP contribution in [0.5, 0.6) is 0 Å². The average molecular weight is 393 g/mol. The zero-order chi connectivity index (χ0) is 17.0. The van der Waals surface area contributed by atoms with Crippen LogP contribution in [-0.4, -0.2) is 0 Å². The molecular formula is C16H7BrF6. The number of alkyl halides is 6. The highest BCUT2D eigenvalue weighted by Crippen LogP contribution is 2.47. The molecule has 0 saturated carbocycles. The summed E-state index contributed by atoms with van der Waals surface area (Å²) in [5.41, 5.74) is -2.11. The van der Waals surface area contributed by atoms with Gasteiger partial charge in [0, 0.05) is 4.47 Å². The van der Waals surface area contributed by atoms with Crippen molar-refractivity contribution in [2.45, 2.75) is 12.4 Å². The van der Waals surface area contributed by atoms with Crippen LogP contribution in [0.4, 0.5) is 26.3 Å². The Bertz CT molecular complexity index is 908. The van der Waals surface area contributed by atoms with Crippen molar-refractivity contribution in [1.29, 1.82) is 0 Å². The molecular weight excluding hydrogens is 386 g/mol. The third-order valence-corrected chi connectivity index (χ3v) is 4.05. The van der Waals surface area contributed by atoms with E-state index >= 15 is 0 Å². The van der Waals surface area contributed by atoms with Crippen LogP contribution < -0.4 is 0 Å². The van der Waals surface area contributed by atoms with E-state index in [9.17, 15) is 26.3 Å². The first-order valence-corrected chi connectivity index (χ1v) is 7.18. The molecule has 0 aliphatic carbocycles. The van der Waals surface area contributed by atoms with Gasteiger partial charge in [0.2, 0.25) is 0 Å². The molecule has 0 amide bonds. The Labute approximate surface area is 134 Å². The molecule has 3 aromatic rings. The quantitative estimate of drug-likeness (QED) is 0.291. The summed E-state index contributed by atoms with van der Waals surface area (Å²) in [5.74, 6) is 0. The van der Waals surface area contributed by atoms with Crippen molar-refractivity contribution in [3.05, 3.63) is 58.1 Å². The molecule has 0 N–H and O–H groups in total. The summed E-state index contributed by atoms with van der Waals surface area (Å²) >= 11 is 3.02. The van der Waals surface area contributed by atoms with Crippen LogP contribution in [0.25, 0.3) is 21.5 Å². The fraction of sp³-hybridized carbons (Fsp3) is 0.125. The van der Waals surface area contributed by atoms with Crippen LogP contribution >= 0.6 is 15.9 Å². The second-order valence-electron chi connectivity index (χ2n) is 4.98. The lowest BCUT2D eigenvalue weighted by Gasteiger charge is -2.20. The van der Waals surface area contributed by atoms with Crippen molar-refractivity contribution in [2.24, 2.45) is 0 Å². The van der Waals surface area contributed by atoms with Gasteiger partial charge in [-0.1, -0.05) is 46.3 Å². The first-order chi connectivity index (χ1) is 10.6. The van der Waals surface area contributed by atoms with Crippen LogP contribution in [0.3, 0.4) is 0 Å². The highest BCUT2D eigenvalue weighted by atomic mass is 79.9. The second-order valence-corrected chi connectivity index (χ2v) is 5.90. The Balaban J connectivity index is 2.68. The van der Waals surface area contributed by atoms with Crippen molar-refractivity contribution in [3.63, 3.8) is 0 Å². The maximum absolute atomic E-state index is 13.5. The van der Waals surface area contributed by atoms with Gasteiger partial charge in [0.1, 0.15) is 0 Å². The van der Waals surface area contributed by atoms with E-state index in [-0.39, 0.29) is 4.47 Å². The lowest BCUT2D eigenvalue weighted by molar-refractivity contribution is -0.137. The van der Waals surface area contributed by atoms with E-state index in [1.54, 1.807) is 0 Å². The van der Waals surface area contributed by atoms with Crippen LogP contribution in [0, 0.1) is 0 Å². The molecule has 0 saturated heterocycles. The van der Waals surface area contributed by atoms with E-state index in [1.165, 1.54) is 18.2 Å². The molecule has 0 aromatic heterocycles. The molecule has 0 unspecified atom stereocenters. The smallest absolute Gasteiger partial charge is 0.166 e. The standard InChI is InChI=1S/C16H7BrF6/c17-8-5-6-11-12(7-8)14(16(21,22)23)10-4-2-1-3-9(10)13(11)15(18,19)20/h1-7H. The fourth-order valence-electron chi connectivity index (χ4n) is 2.76. The molecule has 0 heterocycles. The van der Waals surface area contributed by atoms with Gasteiger partial charge >= 0.3 is 12.4 Å². The minimum atomic E-state index is -4.78. The van der Waals surface area contributed by atoms with E-state index in [0.717, 1.165) is 24.3 Å². The van der Waals surface area contributed by atoms with Crippen LogP contribution in [0.15, 0.2) is 46.9 Å². The van der Waals surface area contributed by atoms with Crippen LogP contribution in [0.1, 0.15) is 11.1 Å². The Morgan fingerprint density at radius 3 is 1.52 bits per heavy atom. The summed E-state index contributed by atoms with van der Waals surface area (Å²) in [6.45, 7) is 0. The van der Waals surface area contributed by atoms with Crippen molar-refractivity contribution in [2.75, 3.05) is 0 Å². The van der Waals surface area contributed by atoms with E-state index in [2.05, 4.69) is 15.9 Å². The predicted molar refractivity (Wildman–Crippen MR) is 79.2 cm³/mol. The topological polar surface area (TPSA) is 0 Å². The van der Waals surface area contributed by atoms with Crippen molar-refractivity contribution >= 4 is 37.5 Å². The Morgan fingerprint density at radius 2 is 1.04 bits per heavy atom. The van der Waals surface area contributed by atoms with Crippen molar-refractivity contribution in [3.8, 4) is 0 Å². The molecule has 0 radical (unpaired) electrons. The molecule has 23 heavy (non-hydrogen) atoms. The van der Waals surface area contributed by atoms with Gasteiger partial charge in [0.05, 0.1) is 11.1 Å². The molecule has 0 aliphatic rings. The number of hydrogen-bond acceptors (Lipinski definition) is 0. The molecule has 0 fully saturated rings. The molecule has 3 rings (SSSR count). The summed E-state index contributed by atoms with van der Waals surface area (Å²) in [4.78, 5) is 0. The SMILES string of the molecule is FC(F)(F)c1c2ccccc2c(C(F)(F)F)c2cc(Br)ccc12. The van der Waals surface area contributed by atoms with Crippen LogP contribution in [0.2, 0.25) is 0 Å². The Hall–Kier alpha value is -1.76. The molecule has 3 aromatic carbocycles. The van der Waals surface area contributed by atoms with Gasteiger partial charge in [-0.3, -0.25) is 0 Å². The number of rotatable bonds is 0. The average Bonchev–Trinajstić information content (AvgIpc) is 2.41. The molecule has 7 heteroatoms. The highest BCUT2D eigenvalue weighted by Gasteiger charge is 2.40. The maximum Gasteiger partial charge on any atom is 0.417 e. The minimum absolute atomic E-state index is 0.277. The molecule has 0 nitrogen and oxygen atoms in total. The predicted octanol–water partition coefficient (Wildman–Crippen LogP) is 6.79. The Morgan fingerprint density at radius 1 is 0.609 bits per heavy atom. The van der Waals surface area contributed by atoms with E-state index < -0.39 is 45.0 Å². The van der Waals surface area contributed by atoms with Crippen LogP contribution in [-0.2, 0) is 12.4 Å². The monoisotopic (exact) mass is 392 g/mol. The number of halogens is 7. The lowest BCUT2D eigenvalue weighted by Crippen LogP contribution is -2.12. The van der Waals surface area contributed by atoms with Gasteiger partial charge in [0.15, 0.2) is 0 Å². The maximum atomic E-state index is 13.5. The summed E-state index contributed by atoms with van der Waals surface area (Å²) in [5, 5.41) is -1.86. The van der Waals surface area contributed by atoms with E-state index in [1.807, 2.05) is 0 Å². The number of fused-ring (bicyclic) bond motifs is 2. The highest BCUT2D eigenvalue weighted by molar-refractivity contribution is 9.10. The number of hydrogen-bond donors (Lipinski definition) is 0. The molecule has 120 valence electrons. The molecule has 0 spiro atoms. The van der Waals surface area contributed by atoms with Gasteiger partial charge in [-0.15, -0.1) is 0 Å². The van der Waals surface area contributed by atoms with Gasteiger partial charge in [-0.2, -0.15) is 26.3 Å². The normalized spacial score (nSPS) is 13.0. The summed E-state index contributed by atoms with van der Waals surface area (Å²) < 4.78 is 81.3. The molecule has 0 bridgehead atoms. The third-order valence-electron chi connectivity index (χ3n) is 3.55. The molecule has 0 atom stereocenters. The molecule has 0 aliphatic heterocycles. The van der Waals surface area contributed by atoms with Gasteiger partial charge in [-0.25, -0.2) is 0 Å². The fourth-order valence-corrected chi connectivity index (χ4v) is 3.12. The second kappa shape index (κ2) is 5.12. The first kappa shape index (κ1) is 16.1. The zero-order valence-electron chi connectivity index (χ0n) is 11.2. The summed E-state index contributed by atoms with van der Waals surface area (Å²) in [7, 11) is 0. The van der Waals surface area contributed by atoms with E-state index in [0.29, 0.717) is 0 Å². The largest absolute Gasteiger partial charge is 0.417 e. The van der Waals surface area contributed by atoms with Gasteiger partial charge in [0.25, 0.3) is 0 Å². The Kier molecular flexibility index (Phi) is 3.59. The number of benzene rings is 3.